The maximum absolute atomic E-state index is 12.4. The van der Waals surface area contributed by atoms with Gasteiger partial charge in [-0.3, -0.25) is 0 Å². The standard InChI is InChI=1S/C96H120O16/c97-81-49-85(101)69-41-65(81)57-33-25-17-9-1-2-10-18-26-34-58-67-43-71(87(103)51-83(67)99)61-37-29-21-13-5-3-11-19-27-35-59(69)73-45-77(93(109)53-89(73)105)63-39-31-23-15-7-8-16-24-32-40-64(79-47-75(61)91(107)55-95(79)111)80-48-76(92(108)56-96(80)112)62(72-44-68(58)84(100)52-88(72)104)38-30-22-14-6-4-12-20-28-36-60(70-42-66(57)82(98)50-86(70)102)74-46-78(63)94(110)54-90(74)106/h41-64,97-112H,1-40H2. The molecule has 16 heteroatoms. The first-order valence-corrected chi connectivity index (χ1v) is 42.7. The Labute approximate surface area is 660 Å². The summed E-state index contributed by atoms with van der Waals surface area (Å²) in [5.41, 5.74) is 7.25. The van der Waals surface area contributed by atoms with Crippen LogP contribution in [0.4, 0.5) is 0 Å². The first-order valence-electron chi connectivity index (χ1n) is 42.7. The maximum atomic E-state index is 12.4. The average Bonchev–Trinajstić information content (AvgIpc) is 0.757. The quantitative estimate of drug-likeness (QED) is 0.0671. The Morgan fingerprint density at radius 3 is 0.259 bits per heavy atom. The third kappa shape index (κ3) is 18.1. The smallest absolute Gasteiger partial charge is 0.123 e. The molecule has 0 saturated heterocycles. The summed E-state index contributed by atoms with van der Waals surface area (Å²) in [7, 11) is 0. The second-order valence-electron chi connectivity index (χ2n) is 33.8. The Balaban J connectivity index is 1.01. The van der Waals surface area contributed by atoms with Gasteiger partial charge in [0.1, 0.15) is 92.0 Å². The highest BCUT2D eigenvalue weighted by Crippen LogP contribution is 2.57. The van der Waals surface area contributed by atoms with Crippen LogP contribution in [0.15, 0.2) is 97.1 Å². The van der Waals surface area contributed by atoms with E-state index >= 15 is 0 Å². The van der Waals surface area contributed by atoms with Crippen LogP contribution in [0.2, 0.25) is 0 Å². The van der Waals surface area contributed by atoms with Crippen molar-refractivity contribution >= 4 is 0 Å². The maximum Gasteiger partial charge on any atom is 0.123 e. The second-order valence-corrected chi connectivity index (χ2v) is 33.8. The van der Waals surface area contributed by atoms with Gasteiger partial charge in [-0.1, -0.05) is 205 Å². The highest BCUT2D eigenvalue weighted by molar-refractivity contribution is 5.65. The van der Waals surface area contributed by atoms with Crippen molar-refractivity contribution in [3.05, 3.63) is 186 Å². The summed E-state index contributed by atoms with van der Waals surface area (Å²) in [6.07, 6.45) is 28.7. The van der Waals surface area contributed by atoms with Gasteiger partial charge in [-0.25, -0.2) is 0 Å². The van der Waals surface area contributed by atoms with E-state index in [1.54, 1.807) is 0 Å². The van der Waals surface area contributed by atoms with Gasteiger partial charge in [0.25, 0.3) is 0 Å². The number of phenolic OH excluding ortho intramolecular Hbond substituents is 16. The van der Waals surface area contributed by atoms with Gasteiger partial charge in [0.05, 0.1) is 0 Å². The molecule has 0 fully saturated rings. The molecule has 0 unspecified atom stereocenters. The number of hydrogen-bond acceptors (Lipinski definition) is 16. The molecule has 0 radical (unpaired) electrons. The van der Waals surface area contributed by atoms with E-state index in [4.69, 9.17) is 0 Å². The molecule has 112 heavy (non-hydrogen) atoms. The molecule has 0 atom stereocenters. The summed E-state index contributed by atoms with van der Waals surface area (Å²) in [5, 5.41) is 199. The molecule has 14 rings (SSSR count). The van der Waals surface area contributed by atoms with Crippen molar-refractivity contribution in [3.8, 4) is 92.0 Å². The lowest BCUT2D eigenvalue weighted by Gasteiger charge is -2.29. The number of hydrogen-bond donors (Lipinski definition) is 16. The molecular formula is C96H120O16. The molecule has 16 nitrogen and oxygen atoms in total. The van der Waals surface area contributed by atoms with E-state index in [2.05, 4.69) is 0 Å². The Hall–Kier alpha value is -9.44. The molecule has 0 amide bonds. The lowest BCUT2D eigenvalue weighted by Crippen LogP contribution is -2.11. The molecule has 8 aromatic carbocycles. The average molecular weight is 1530 g/mol. The van der Waals surface area contributed by atoms with Gasteiger partial charge in [0, 0.05) is 185 Å². The van der Waals surface area contributed by atoms with Crippen molar-refractivity contribution in [2.24, 2.45) is 0 Å². The third-order valence-corrected chi connectivity index (χ3v) is 26.4. The van der Waals surface area contributed by atoms with Crippen molar-refractivity contribution < 1.29 is 81.7 Å². The molecule has 0 aromatic heterocycles. The van der Waals surface area contributed by atoms with E-state index in [-0.39, 0.29) is 92.0 Å². The molecule has 0 heterocycles. The topological polar surface area (TPSA) is 324 Å². The molecule has 0 aliphatic heterocycles. The predicted molar refractivity (Wildman–Crippen MR) is 438 cm³/mol. The molecule has 24 bridgehead atoms. The van der Waals surface area contributed by atoms with E-state index in [0.29, 0.717) is 192 Å². The normalized spacial score (nSPS) is 22.9. The van der Waals surface area contributed by atoms with Gasteiger partial charge in [0.15, 0.2) is 0 Å². The number of fused-ring (bicyclic) bond motifs is 36. The zero-order valence-electron chi connectivity index (χ0n) is 65.3. The highest BCUT2D eigenvalue weighted by atomic mass is 16.3. The van der Waals surface area contributed by atoms with Gasteiger partial charge in [0.2, 0.25) is 0 Å². The van der Waals surface area contributed by atoms with Gasteiger partial charge in [-0.2, -0.15) is 0 Å². The van der Waals surface area contributed by atoms with Gasteiger partial charge < -0.3 is 81.7 Å². The van der Waals surface area contributed by atoms with E-state index in [9.17, 15) is 81.7 Å². The van der Waals surface area contributed by atoms with Crippen molar-refractivity contribution in [2.45, 2.75) is 304 Å². The molecule has 8 aromatic rings. The Kier molecular flexibility index (Phi) is 26.6. The number of benzene rings is 8. The van der Waals surface area contributed by atoms with Crippen LogP contribution in [-0.4, -0.2) is 81.7 Å². The van der Waals surface area contributed by atoms with E-state index in [1.807, 2.05) is 48.5 Å². The third-order valence-electron chi connectivity index (χ3n) is 26.4. The summed E-state index contributed by atoms with van der Waals surface area (Å²) in [5.74, 6) is -8.45. The fraction of sp³-hybridized carbons (Fsp3) is 0.500. The fourth-order valence-corrected chi connectivity index (χ4v) is 20.2. The van der Waals surface area contributed by atoms with Crippen LogP contribution in [0.1, 0.15) is 393 Å². The lowest BCUT2D eigenvalue weighted by atomic mass is 9.76. The zero-order chi connectivity index (χ0) is 78.7. The van der Waals surface area contributed by atoms with Gasteiger partial charge in [-0.15, -0.1) is 0 Å². The second kappa shape index (κ2) is 37.0. The largest absolute Gasteiger partial charge is 0.508 e. The SMILES string of the molecule is Oc1cc(O)c2cc1C1CCCCCCCCCCC3c4cc(c(O)cc4O)C4CCCCCCCCCCC2c2cc(c(O)cc2O)C2CCCCCCCCCCC(c5cc4c(O)cc5O)c4cc(c(O)cc4O)C(CCCCCCCCCCC(c4cc1c(O)cc4O)c1cc2c(O)cc1O)c1cc3c(O)cc1O. The van der Waals surface area contributed by atoms with Crippen LogP contribution in [0.3, 0.4) is 0 Å². The van der Waals surface area contributed by atoms with Crippen LogP contribution >= 0.6 is 0 Å². The molecule has 16 N–H and O–H groups in total. The Morgan fingerprint density at radius 1 is 0.107 bits per heavy atom. The van der Waals surface area contributed by atoms with E-state index < -0.39 is 47.3 Å². The molecule has 600 valence electrons. The zero-order valence-corrected chi connectivity index (χ0v) is 65.3. The lowest BCUT2D eigenvalue weighted by molar-refractivity contribution is 0.414. The van der Waals surface area contributed by atoms with Crippen molar-refractivity contribution in [2.75, 3.05) is 0 Å². The number of aromatic hydroxyl groups is 16. The Morgan fingerprint density at radius 2 is 0.179 bits per heavy atom. The monoisotopic (exact) mass is 1530 g/mol. The van der Waals surface area contributed by atoms with E-state index in [0.717, 1.165) is 154 Å². The minimum Gasteiger partial charge on any atom is -0.508 e. The molecule has 6 aliphatic rings. The number of rotatable bonds is 0. The summed E-state index contributed by atoms with van der Waals surface area (Å²) < 4.78 is 0. The molecule has 0 saturated carbocycles. The van der Waals surface area contributed by atoms with Crippen molar-refractivity contribution in [1.82, 2.24) is 0 Å². The van der Waals surface area contributed by atoms with Crippen LogP contribution in [0, 0.1) is 0 Å². The number of phenols is 16. The van der Waals surface area contributed by atoms with Gasteiger partial charge in [-0.05, 0) is 99.9 Å². The first-order chi connectivity index (χ1) is 54.2. The van der Waals surface area contributed by atoms with Gasteiger partial charge >= 0.3 is 0 Å². The van der Waals surface area contributed by atoms with Crippen LogP contribution in [-0.2, 0) is 0 Å². The summed E-state index contributed by atoms with van der Waals surface area (Å²) in [6, 6.07) is 25.6. The van der Waals surface area contributed by atoms with E-state index in [1.165, 1.54) is 48.5 Å². The van der Waals surface area contributed by atoms with Crippen LogP contribution in [0.5, 0.6) is 92.0 Å². The summed E-state index contributed by atoms with van der Waals surface area (Å²) in [6.45, 7) is 0. The van der Waals surface area contributed by atoms with Crippen molar-refractivity contribution in [1.29, 1.82) is 0 Å². The predicted octanol–water partition coefficient (Wildman–Crippen LogP) is 24.0. The van der Waals surface area contributed by atoms with Crippen LogP contribution in [0.25, 0.3) is 0 Å². The molecular weight excluding hydrogens is 1410 g/mol. The Bertz CT molecular complexity index is 3520. The fourth-order valence-electron chi connectivity index (χ4n) is 20.2. The molecule has 0 spiro atoms. The first kappa shape index (κ1) is 80.6. The minimum atomic E-state index is -0.691. The molecule has 6 aliphatic carbocycles. The summed E-state index contributed by atoms with van der Waals surface area (Å²) in [4.78, 5) is 0. The summed E-state index contributed by atoms with van der Waals surface area (Å²) >= 11 is 0. The highest BCUT2D eigenvalue weighted by Gasteiger charge is 2.37. The van der Waals surface area contributed by atoms with Crippen molar-refractivity contribution in [3.63, 3.8) is 0 Å². The minimum absolute atomic E-state index is 0.183. The van der Waals surface area contributed by atoms with Crippen LogP contribution < -0.4 is 0 Å².